The molecule has 4 rings (SSSR count). The summed E-state index contributed by atoms with van der Waals surface area (Å²) >= 11 is 0. The lowest BCUT2D eigenvalue weighted by atomic mass is 9.87. The molecule has 0 aromatic heterocycles. The van der Waals surface area contributed by atoms with Gasteiger partial charge in [0.05, 0.1) is 0 Å². The zero-order valence-corrected chi connectivity index (χ0v) is 20.2. The van der Waals surface area contributed by atoms with Crippen LogP contribution in [0.1, 0.15) is 61.6 Å². The zero-order valence-electron chi connectivity index (χ0n) is 20.2. The van der Waals surface area contributed by atoms with E-state index in [1.54, 1.807) is 13.8 Å². The van der Waals surface area contributed by atoms with Crippen molar-refractivity contribution in [2.75, 3.05) is 26.4 Å². The smallest absolute Gasteiger partial charge is 0.333 e. The highest BCUT2D eigenvalue weighted by Gasteiger charge is 2.42. The molecule has 1 fully saturated rings. The van der Waals surface area contributed by atoms with Crippen LogP contribution < -0.4 is 9.47 Å². The Morgan fingerprint density at radius 2 is 1.32 bits per heavy atom. The molecule has 2 aliphatic rings. The van der Waals surface area contributed by atoms with E-state index in [0.29, 0.717) is 23.0 Å². The first-order valence-electron chi connectivity index (χ1n) is 11.8. The summed E-state index contributed by atoms with van der Waals surface area (Å²) in [5.74, 6) is 1.77. The molecule has 6 heteroatoms. The van der Waals surface area contributed by atoms with Gasteiger partial charge < -0.3 is 18.9 Å². The SMILES string of the molecule is C=C(C)C(=O)OCCOc1c2c(c(OCCOC(=O)C(=C)C)c3cc(C)ccc13)C1CCC2C1. The summed E-state index contributed by atoms with van der Waals surface area (Å²) in [5, 5.41) is 1.98. The minimum atomic E-state index is -0.413. The highest BCUT2D eigenvalue weighted by Crippen LogP contribution is 2.61. The van der Waals surface area contributed by atoms with Crippen LogP contribution in [0, 0.1) is 6.92 Å². The van der Waals surface area contributed by atoms with Crippen LogP contribution in [0.15, 0.2) is 42.5 Å². The fraction of sp³-hybridized carbons (Fsp3) is 0.429. The normalized spacial score (nSPS) is 17.9. The number of carbonyl (C=O) groups is 2. The van der Waals surface area contributed by atoms with Gasteiger partial charge in [-0.2, -0.15) is 0 Å². The minimum Gasteiger partial charge on any atom is -0.489 e. The summed E-state index contributed by atoms with van der Waals surface area (Å²) in [6.07, 6.45) is 3.35. The van der Waals surface area contributed by atoms with Gasteiger partial charge in [-0.1, -0.05) is 30.9 Å². The van der Waals surface area contributed by atoms with Crippen molar-refractivity contribution in [1.82, 2.24) is 0 Å². The van der Waals surface area contributed by atoms with E-state index < -0.39 is 11.9 Å². The molecule has 0 saturated heterocycles. The first-order valence-corrected chi connectivity index (χ1v) is 11.8. The largest absolute Gasteiger partial charge is 0.489 e. The molecule has 0 radical (unpaired) electrons. The highest BCUT2D eigenvalue weighted by molar-refractivity contribution is 5.97. The van der Waals surface area contributed by atoms with Gasteiger partial charge in [0.25, 0.3) is 0 Å². The number of esters is 2. The van der Waals surface area contributed by atoms with Crippen molar-refractivity contribution in [2.24, 2.45) is 0 Å². The lowest BCUT2D eigenvalue weighted by Crippen LogP contribution is -2.16. The summed E-state index contributed by atoms with van der Waals surface area (Å²) in [6.45, 7) is 13.4. The Bertz CT molecular complexity index is 1160. The molecule has 2 aromatic rings. The number of aryl methyl sites for hydroxylation is 1. The number of ether oxygens (including phenoxy) is 4. The number of hydrogen-bond donors (Lipinski definition) is 0. The first-order chi connectivity index (χ1) is 16.3. The van der Waals surface area contributed by atoms with E-state index in [1.807, 2.05) is 0 Å². The van der Waals surface area contributed by atoms with E-state index in [1.165, 1.54) is 11.1 Å². The van der Waals surface area contributed by atoms with E-state index in [4.69, 9.17) is 18.9 Å². The average Bonchev–Trinajstić information content (AvgIpc) is 3.42. The zero-order chi connectivity index (χ0) is 24.4. The van der Waals surface area contributed by atoms with E-state index >= 15 is 0 Å². The summed E-state index contributed by atoms with van der Waals surface area (Å²) in [4.78, 5) is 23.4. The summed E-state index contributed by atoms with van der Waals surface area (Å²) in [7, 11) is 0. The summed E-state index contributed by atoms with van der Waals surface area (Å²) in [5.41, 5.74) is 4.29. The lowest BCUT2D eigenvalue weighted by molar-refractivity contribution is -0.140. The second-order valence-corrected chi connectivity index (χ2v) is 9.27. The van der Waals surface area contributed by atoms with Crippen LogP contribution in [-0.4, -0.2) is 38.4 Å². The number of hydrogen-bond acceptors (Lipinski definition) is 6. The molecular formula is C28H32O6. The molecule has 2 atom stereocenters. The fourth-order valence-corrected chi connectivity index (χ4v) is 5.01. The molecule has 2 aromatic carbocycles. The summed E-state index contributed by atoms with van der Waals surface area (Å²) < 4.78 is 23.0. The molecule has 0 spiro atoms. The highest BCUT2D eigenvalue weighted by atomic mass is 16.6. The van der Waals surface area contributed by atoms with E-state index in [9.17, 15) is 9.59 Å². The van der Waals surface area contributed by atoms with E-state index in [0.717, 1.165) is 47.1 Å². The maximum atomic E-state index is 11.7. The van der Waals surface area contributed by atoms with Crippen LogP contribution in [0.2, 0.25) is 0 Å². The Balaban J connectivity index is 1.64. The maximum Gasteiger partial charge on any atom is 0.333 e. The van der Waals surface area contributed by atoms with E-state index in [2.05, 4.69) is 38.3 Å². The Morgan fingerprint density at radius 1 is 0.824 bits per heavy atom. The Kier molecular flexibility index (Phi) is 6.96. The molecule has 0 amide bonds. The molecule has 0 heterocycles. The Morgan fingerprint density at radius 3 is 1.82 bits per heavy atom. The Labute approximate surface area is 200 Å². The third-order valence-corrected chi connectivity index (χ3v) is 6.52. The van der Waals surface area contributed by atoms with Crippen LogP contribution in [0.4, 0.5) is 0 Å². The third-order valence-electron chi connectivity index (χ3n) is 6.52. The van der Waals surface area contributed by atoms with Gasteiger partial charge in [0, 0.05) is 33.0 Å². The van der Waals surface area contributed by atoms with Gasteiger partial charge in [0.2, 0.25) is 0 Å². The molecule has 6 nitrogen and oxygen atoms in total. The van der Waals surface area contributed by atoms with Gasteiger partial charge in [0.1, 0.15) is 37.9 Å². The molecule has 2 bridgehead atoms. The Hall–Kier alpha value is -3.28. The summed E-state index contributed by atoms with van der Waals surface area (Å²) in [6, 6.07) is 6.25. The number of fused-ring (bicyclic) bond motifs is 6. The van der Waals surface area contributed by atoms with Gasteiger partial charge in [-0.25, -0.2) is 9.59 Å². The second-order valence-electron chi connectivity index (χ2n) is 9.27. The topological polar surface area (TPSA) is 71.1 Å². The molecule has 2 unspecified atom stereocenters. The van der Waals surface area contributed by atoms with Crippen molar-refractivity contribution in [3.8, 4) is 11.5 Å². The van der Waals surface area contributed by atoms with Crippen LogP contribution >= 0.6 is 0 Å². The van der Waals surface area contributed by atoms with Gasteiger partial charge in [0.15, 0.2) is 0 Å². The predicted octanol–water partition coefficient (Wildman–Crippen LogP) is 5.51. The molecule has 1 saturated carbocycles. The second kappa shape index (κ2) is 9.92. The van der Waals surface area contributed by atoms with Crippen molar-refractivity contribution in [3.63, 3.8) is 0 Å². The van der Waals surface area contributed by atoms with E-state index in [-0.39, 0.29) is 26.4 Å². The van der Waals surface area contributed by atoms with Gasteiger partial charge in [-0.3, -0.25) is 0 Å². The number of carbonyl (C=O) groups excluding carboxylic acids is 2. The average molecular weight is 465 g/mol. The molecule has 34 heavy (non-hydrogen) atoms. The fourth-order valence-electron chi connectivity index (χ4n) is 5.01. The first kappa shape index (κ1) is 23.9. The monoisotopic (exact) mass is 464 g/mol. The van der Waals surface area contributed by atoms with Crippen LogP contribution in [0.5, 0.6) is 11.5 Å². The van der Waals surface area contributed by atoms with Crippen molar-refractivity contribution < 1.29 is 28.5 Å². The molecule has 180 valence electrons. The van der Waals surface area contributed by atoms with Crippen molar-refractivity contribution >= 4 is 22.7 Å². The molecule has 0 aliphatic heterocycles. The standard InChI is InChI=1S/C28H32O6/c1-16(2)27(29)33-12-10-31-25-21-9-6-18(5)14-22(21)26(32-11-13-34-28(30)17(3)4)24-20-8-7-19(15-20)23(24)25/h6,9,14,19-20H,1,3,7-8,10-13,15H2,2,4-5H3. The van der Waals surface area contributed by atoms with Gasteiger partial charge in [-0.15, -0.1) is 0 Å². The number of benzene rings is 2. The van der Waals surface area contributed by atoms with Gasteiger partial charge in [-0.05, 0) is 57.9 Å². The predicted molar refractivity (Wildman–Crippen MR) is 131 cm³/mol. The molecule has 0 N–H and O–H groups in total. The molecular weight excluding hydrogens is 432 g/mol. The van der Waals surface area contributed by atoms with Crippen LogP contribution in [-0.2, 0) is 19.1 Å². The van der Waals surface area contributed by atoms with Crippen molar-refractivity contribution in [3.05, 3.63) is 59.2 Å². The van der Waals surface area contributed by atoms with Crippen LogP contribution in [0.25, 0.3) is 10.8 Å². The van der Waals surface area contributed by atoms with Crippen molar-refractivity contribution in [1.29, 1.82) is 0 Å². The quantitative estimate of drug-likeness (QED) is 0.262. The van der Waals surface area contributed by atoms with Crippen LogP contribution in [0.3, 0.4) is 0 Å². The maximum absolute atomic E-state index is 11.7. The minimum absolute atomic E-state index is 0.161. The molecule has 2 aliphatic carbocycles. The third kappa shape index (κ3) is 4.67. The number of rotatable bonds is 10. The van der Waals surface area contributed by atoms with Crippen molar-refractivity contribution in [2.45, 2.75) is 51.9 Å². The van der Waals surface area contributed by atoms with Gasteiger partial charge >= 0.3 is 11.9 Å². The lowest BCUT2D eigenvalue weighted by Gasteiger charge is -2.25.